The molecule has 12 heavy (non-hydrogen) atoms. The number of carbonyl (C=O) groups is 1. The van der Waals surface area contributed by atoms with Crippen molar-refractivity contribution in [3.05, 3.63) is 0 Å². The van der Waals surface area contributed by atoms with Gasteiger partial charge >= 0.3 is 5.97 Å². The molecule has 0 aromatic rings. The minimum atomic E-state index is -0.841. The van der Waals surface area contributed by atoms with E-state index in [0.29, 0.717) is 0 Å². The topological polar surface area (TPSA) is 46.5 Å². The number of unbranched alkanes of at least 4 members (excludes halogenated alkanes) is 3. The number of hydrogen-bond donors (Lipinski definition) is 1. The van der Waals surface area contributed by atoms with Crippen LogP contribution in [0.5, 0.6) is 0 Å². The third-order valence-electron chi connectivity index (χ3n) is 2.20. The number of aliphatic hydroxyl groups excluding tert-OH is 1. The number of esters is 1. The van der Waals surface area contributed by atoms with E-state index in [-0.39, 0.29) is 6.10 Å². The van der Waals surface area contributed by atoms with Crippen LogP contribution in [0.1, 0.15) is 39.0 Å². The number of ether oxygens (including phenoxy) is 1. The Labute approximate surface area is 72.7 Å². The first-order valence-electron chi connectivity index (χ1n) is 4.64. The Morgan fingerprint density at radius 1 is 1.42 bits per heavy atom. The summed E-state index contributed by atoms with van der Waals surface area (Å²) in [5.41, 5.74) is 0. The van der Waals surface area contributed by atoms with E-state index in [1.165, 1.54) is 12.8 Å². The first-order chi connectivity index (χ1) is 5.75. The van der Waals surface area contributed by atoms with Gasteiger partial charge in [0.15, 0.2) is 6.10 Å². The second-order valence-electron chi connectivity index (χ2n) is 3.27. The molecule has 3 heteroatoms. The Morgan fingerprint density at radius 2 is 2.17 bits per heavy atom. The van der Waals surface area contributed by atoms with Gasteiger partial charge in [0.05, 0.1) is 0 Å². The molecule has 1 rings (SSSR count). The van der Waals surface area contributed by atoms with E-state index >= 15 is 0 Å². The average Bonchev–Trinajstić information content (AvgIpc) is 2.10. The summed E-state index contributed by atoms with van der Waals surface area (Å²) in [4.78, 5) is 10.5. The third kappa shape index (κ3) is 2.21. The van der Waals surface area contributed by atoms with Crippen molar-refractivity contribution < 1.29 is 14.6 Å². The molecule has 0 aromatic heterocycles. The van der Waals surface area contributed by atoms with Crippen molar-refractivity contribution in [3.8, 4) is 0 Å². The molecular weight excluding hydrogens is 156 g/mol. The lowest BCUT2D eigenvalue weighted by Crippen LogP contribution is -2.49. The molecule has 0 spiro atoms. The molecule has 1 aliphatic heterocycles. The van der Waals surface area contributed by atoms with E-state index in [9.17, 15) is 4.79 Å². The standard InChI is InChI=1S/C9H16O3/c1-2-3-4-5-6-7-8(10)9(11)12-7/h7-8,10H,2-6H2,1H3. The van der Waals surface area contributed by atoms with Crippen LogP contribution in [-0.4, -0.2) is 23.3 Å². The lowest BCUT2D eigenvalue weighted by atomic mass is 10.0. The lowest BCUT2D eigenvalue weighted by molar-refractivity contribution is -0.198. The van der Waals surface area contributed by atoms with E-state index in [2.05, 4.69) is 6.92 Å². The van der Waals surface area contributed by atoms with Gasteiger partial charge in [0.2, 0.25) is 0 Å². The van der Waals surface area contributed by atoms with Crippen molar-refractivity contribution in [1.29, 1.82) is 0 Å². The van der Waals surface area contributed by atoms with Crippen molar-refractivity contribution in [2.45, 2.75) is 51.2 Å². The van der Waals surface area contributed by atoms with E-state index in [4.69, 9.17) is 9.84 Å². The zero-order valence-corrected chi connectivity index (χ0v) is 7.45. The number of aliphatic hydroxyl groups is 1. The maximum atomic E-state index is 10.5. The predicted octanol–water partition coefficient (Wildman–Crippen LogP) is 1.24. The summed E-state index contributed by atoms with van der Waals surface area (Å²) in [6, 6.07) is 0. The van der Waals surface area contributed by atoms with Crippen molar-refractivity contribution in [2.24, 2.45) is 0 Å². The highest BCUT2D eigenvalue weighted by atomic mass is 16.6. The molecule has 1 fully saturated rings. The Morgan fingerprint density at radius 3 is 2.67 bits per heavy atom. The van der Waals surface area contributed by atoms with Gasteiger partial charge in [-0.15, -0.1) is 0 Å². The van der Waals surface area contributed by atoms with Crippen LogP contribution >= 0.6 is 0 Å². The Kier molecular flexibility index (Phi) is 3.53. The molecule has 1 saturated heterocycles. The van der Waals surface area contributed by atoms with Gasteiger partial charge in [0, 0.05) is 0 Å². The summed E-state index contributed by atoms with van der Waals surface area (Å²) < 4.78 is 4.74. The van der Waals surface area contributed by atoms with Crippen molar-refractivity contribution in [1.82, 2.24) is 0 Å². The highest BCUT2D eigenvalue weighted by molar-refractivity contribution is 5.80. The van der Waals surface area contributed by atoms with Gasteiger partial charge in [0.1, 0.15) is 6.10 Å². The smallest absolute Gasteiger partial charge is 0.339 e. The normalized spacial score (nSPS) is 28.0. The first-order valence-corrected chi connectivity index (χ1v) is 4.64. The van der Waals surface area contributed by atoms with E-state index in [1.807, 2.05) is 0 Å². The Hall–Kier alpha value is -0.570. The van der Waals surface area contributed by atoms with Crippen LogP contribution < -0.4 is 0 Å². The quantitative estimate of drug-likeness (QED) is 0.501. The van der Waals surface area contributed by atoms with Crippen LogP contribution in [0.3, 0.4) is 0 Å². The maximum absolute atomic E-state index is 10.5. The van der Waals surface area contributed by atoms with Crippen LogP contribution in [0.4, 0.5) is 0 Å². The molecule has 0 saturated carbocycles. The predicted molar refractivity (Wildman–Crippen MR) is 44.6 cm³/mol. The van der Waals surface area contributed by atoms with Crippen molar-refractivity contribution in [2.75, 3.05) is 0 Å². The van der Waals surface area contributed by atoms with Gasteiger partial charge in [-0.2, -0.15) is 0 Å². The average molecular weight is 172 g/mol. The summed E-state index contributed by atoms with van der Waals surface area (Å²) >= 11 is 0. The summed E-state index contributed by atoms with van der Waals surface area (Å²) in [7, 11) is 0. The second kappa shape index (κ2) is 4.45. The monoisotopic (exact) mass is 172 g/mol. The third-order valence-corrected chi connectivity index (χ3v) is 2.20. The van der Waals surface area contributed by atoms with E-state index in [1.54, 1.807) is 0 Å². The zero-order chi connectivity index (χ0) is 8.97. The minimum Gasteiger partial charge on any atom is -0.457 e. The second-order valence-corrected chi connectivity index (χ2v) is 3.27. The molecule has 0 radical (unpaired) electrons. The van der Waals surface area contributed by atoms with Gasteiger partial charge in [-0.3, -0.25) is 0 Å². The SMILES string of the molecule is CCCCCCC1OC(=O)C1O. The summed E-state index contributed by atoms with van der Waals surface area (Å²) in [5, 5.41) is 9.06. The summed E-state index contributed by atoms with van der Waals surface area (Å²) in [6.45, 7) is 2.15. The largest absolute Gasteiger partial charge is 0.457 e. The van der Waals surface area contributed by atoms with E-state index in [0.717, 1.165) is 19.3 Å². The Bertz CT molecular complexity index is 156. The van der Waals surface area contributed by atoms with Crippen molar-refractivity contribution in [3.63, 3.8) is 0 Å². The first kappa shape index (κ1) is 9.52. The molecule has 1 aliphatic rings. The fraction of sp³-hybridized carbons (Fsp3) is 0.889. The number of carbonyl (C=O) groups excluding carboxylic acids is 1. The fourth-order valence-electron chi connectivity index (χ4n) is 1.35. The molecular formula is C9H16O3. The molecule has 1 N–H and O–H groups in total. The van der Waals surface area contributed by atoms with Crippen LogP contribution in [0.25, 0.3) is 0 Å². The van der Waals surface area contributed by atoms with Gasteiger partial charge in [-0.05, 0) is 12.8 Å². The molecule has 0 amide bonds. The molecule has 70 valence electrons. The Balaban J connectivity index is 1.98. The van der Waals surface area contributed by atoms with Crippen LogP contribution in [0.15, 0.2) is 0 Å². The van der Waals surface area contributed by atoms with Crippen LogP contribution in [0, 0.1) is 0 Å². The van der Waals surface area contributed by atoms with Crippen molar-refractivity contribution >= 4 is 5.97 Å². The molecule has 2 unspecified atom stereocenters. The zero-order valence-electron chi connectivity index (χ0n) is 7.45. The molecule has 0 aliphatic carbocycles. The fourth-order valence-corrected chi connectivity index (χ4v) is 1.35. The number of hydrogen-bond acceptors (Lipinski definition) is 3. The van der Waals surface area contributed by atoms with Gasteiger partial charge < -0.3 is 9.84 Å². The van der Waals surface area contributed by atoms with Gasteiger partial charge in [0.25, 0.3) is 0 Å². The molecule has 0 aromatic carbocycles. The number of cyclic esters (lactones) is 1. The maximum Gasteiger partial charge on any atom is 0.339 e. The van der Waals surface area contributed by atoms with Gasteiger partial charge in [-0.1, -0.05) is 26.2 Å². The molecule has 1 heterocycles. The highest BCUT2D eigenvalue weighted by Crippen LogP contribution is 2.20. The lowest BCUT2D eigenvalue weighted by Gasteiger charge is -2.31. The van der Waals surface area contributed by atoms with Crippen LogP contribution in [0.2, 0.25) is 0 Å². The minimum absolute atomic E-state index is 0.214. The number of rotatable bonds is 5. The highest BCUT2D eigenvalue weighted by Gasteiger charge is 2.39. The molecule has 0 bridgehead atoms. The van der Waals surface area contributed by atoms with Crippen LogP contribution in [-0.2, 0) is 9.53 Å². The van der Waals surface area contributed by atoms with Gasteiger partial charge in [-0.25, -0.2) is 4.79 Å². The summed E-state index contributed by atoms with van der Waals surface area (Å²) in [6.07, 6.45) is 4.39. The summed E-state index contributed by atoms with van der Waals surface area (Å²) in [5.74, 6) is -0.463. The molecule has 3 nitrogen and oxygen atoms in total. The van der Waals surface area contributed by atoms with E-state index < -0.39 is 12.1 Å². The molecule has 2 atom stereocenters.